The molecule has 2 N–H and O–H groups in total. The number of rotatable bonds is 6. The molecule has 8 heteroatoms. The van der Waals surface area contributed by atoms with Crippen molar-refractivity contribution in [1.29, 1.82) is 0 Å². The second-order valence-corrected chi connectivity index (χ2v) is 6.36. The molecule has 0 saturated heterocycles. The topological polar surface area (TPSA) is 93.8 Å². The zero-order valence-electron chi connectivity index (χ0n) is 15.9. The molecule has 2 aromatic heterocycles. The molecule has 0 unspecified atom stereocenters. The van der Waals surface area contributed by atoms with E-state index in [-0.39, 0.29) is 6.61 Å². The van der Waals surface area contributed by atoms with Gasteiger partial charge >= 0.3 is 0 Å². The van der Waals surface area contributed by atoms with E-state index in [2.05, 4.69) is 15.4 Å². The van der Waals surface area contributed by atoms with Crippen LogP contribution in [0.3, 0.4) is 0 Å². The molecule has 0 saturated carbocycles. The van der Waals surface area contributed by atoms with Gasteiger partial charge in [-0.15, -0.1) is 5.10 Å². The van der Waals surface area contributed by atoms with Gasteiger partial charge in [0.2, 0.25) is 5.95 Å². The van der Waals surface area contributed by atoms with Gasteiger partial charge in [-0.2, -0.15) is 4.52 Å². The lowest BCUT2D eigenvalue weighted by atomic mass is 10.1. The van der Waals surface area contributed by atoms with E-state index in [1.165, 1.54) is 0 Å². The van der Waals surface area contributed by atoms with Crippen LogP contribution in [0.4, 0.5) is 5.95 Å². The number of anilines is 1. The molecule has 0 aliphatic carbocycles. The van der Waals surface area contributed by atoms with Crippen molar-refractivity contribution in [3.05, 3.63) is 53.3 Å². The molecule has 28 heavy (non-hydrogen) atoms. The van der Waals surface area contributed by atoms with Gasteiger partial charge in [-0.3, -0.25) is 0 Å². The number of aliphatic hydroxyl groups is 1. The summed E-state index contributed by atoms with van der Waals surface area (Å²) in [4.78, 5) is 9.21. The van der Waals surface area contributed by atoms with Crippen molar-refractivity contribution < 1.29 is 14.6 Å². The number of hydrogen-bond donors (Lipinski definition) is 2. The highest BCUT2D eigenvalue weighted by Gasteiger charge is 2.15. The minimum atomic E-state index is -0.235. The minimum Gasteiger partial charge on any atom is -0.497 e. The number of para-hydroxylation sites is 1. The molecule has 0 aliphatic rings. The molecule has 4 aromatic rings. The SMILES string of the molecule is COc1ccc(CNc2nc3c(C)cccc3c3nc(CO)nn23)c(OC)c1. The Bertz CT molecular complexity index is 1160. The van der Waals surface area contributed by atoms with Crippen LogP contribution in [0.15, 0.2) is 36.4 Å². The fraction of sp³-hybridized carbons (Fsp3) is 0.250. The Morgan fingerprint density at radius 3 is 2.71 bits per heavy atom. The maximum Gasteiger partial charge on any atom is 0.226 e. The summed E-state index contributed by atoms with van der Waals surface area (Å²) in [6, 6.07) is 11.6. The molecule has 0 radical (unpaired) electrons. The molecule has 0 fully saturated rings. The Labute approximate surface area is 161 Å². The number of nitrogens with one attached hydrogen (secondary N) is 1. The van der Waals surface area contributed by atoms with E-state index in [0.29, 0.717) is 24.0 Å². The van der Waals surface area contributed by atoms with Crippen LogP contribution in [0, 0.1) is 6.92 Å². The highest BCUT2D eigenvalue weighted by Crippen LogP contribution is 2.27. The molecule has 144 valence electrons. The summed E-state index contributed by atoms with van der Waals surface area (Å²) in [7, 11) is 3.24. The van der Waals surface area contributed by atoms with E-state index in [4.69, 9.17) is 14.5 Å². The number of aromatic nitrogens is 4. The van der Waals surface area contributed by atoms with E-state index >= 15 is 0 Å². The van der Waals surface area contributed by atoms with Gasteiger partial charge in [0.05, 0.1) is 19.7 Å². The highest BCUT2D eigenvalue weighted by atomic mass is 16.5. The Balaban J connectivity index is 1.77. The molecule has 0 amide bonds. The van der Waals surface area contributed by atoms with Crippen LogP contribution in [0.2, 0.25) is 0 Å². The normalized spacial score (nSPS) is 11.1. The first-order valence-corrected chi connectivity index (χ1v) is 8.85. The zero-order chi connectivity index (χ0) is 19.7. The number of methoxy groups -OCH3 is 2. The average Bonchev–Trinajstić information content (AvgIpc) is 3.17. The van der Waals surface area contributed by atoms with E-state index in [9.17, 15) is 5.11 Å². The van der Waals surface area contributed by atoms with E-state index in [0.717, 1.165) is 33.5 Å². The van der Waals surface area contributed by atoms with Crippen molar-refractivity contribution in [2.75, 3.05) is 19.5 Å². The second-order valence-electron chi connectivity index (χ2n) is 6.36. The summed E-state index contributed by atoms with van der Waals surface area (Å²) in [5.41, 5.74) is 3.49. The fourth-order valence-corrected chi connectivity index (χ4v) is 3.17. The maximum absolute atomic E-state index is 9.47. The van der Waals surface area contributed by atoms with Gasteiger partial charge in [-0.1, -0.05) is 12.1 Å². The Kier molecular flexibility index (Phi) is 4.70. The third kappa shape index (κ3) is 3.07. The van der Waals surface area contributed by atoms with Gasteiger partial charge in [-0.05, 0) is 30.7 Å². The Morgan fingerprint density at radius 1 is 1.11 bits per heavy atom. The lowest BCUT2D eigenvalue weighted by molar-refractivity contribution is 0.271. The first kappa shape index (κ1) is 18.0. The van der Waals surface area contributed by atoms with Crippen LogP contribution in [0.5, 0.6) is 11.5 Å². The van der Waals surface area contributed by atoms with Crippen LogP contribution in [0.1, 0.15) is 17.0 Å². The lowest BCUT2D eigenvalue weighted by Gasteiger charge is -2.13. The summed E-state index contributed by atoms with van der Waals surface area (Å²) in [6.45, 7) is 2.24. The molecular weight excluding hydrogens is 358 g/mol. The Morgan fingerprint density at radius 2 is 1.96 bits per heavy atom. The van der Waals surface area contributed by atoms with Crippen LogP contribution >= 0.6 is 0 Å². The minimum absolute atomic E-state index is 0.235. The Hall–Kier alpha value is -3.39. The first-order valence-electron chi connectivity index (χ1n) is 8.85. The summed E-state index contributed by atoms with van der Waals surface area (Å²) in [6.07, 6.45) is 0. The van der Waals surface area contributed by atoms with Crippen LogP contribution < -0.4 is 14.8 Å². The van der Waals surface area contributed by atoms with E-state index in [1.807, 2.05) is 43.3 Å². The predicted molar refractivity (Wildman–Crippen MR) is 106 cm³/mol. The molecule has 4 rings (SSSR count). The van der Waals surface area contributed by atoms with Gasteiger partial charge in [0.1, 0.15) is 18.1 Å². The highest BCUT2D eigenvalue weighted by molar-refractivity contribution is 5.94. The molecule has 2 aromatic carbocycles. The summed E-state index contributed by atoms with van der Waals surface area (Å²) < 4.78 is 12.3. The van der Waals surface area contributed by atoms with Crippen molar-refractivity contribution in [2.24, 2.45) is 0 Å². The quantitative estimate of drug-likeness (QED) is 0.532. The van der Waals surface area contributed by atoms with Crippen LogP contribution in [0.25, 0.3) is 16.6 Å². The zero-order valence-corrected chi connectivity index (χ0v) is 15.9. The van der Waals surface area contributed by atoms with Gasteiger partial charge < -0.3 is 19.9 Å². The lowest BCUT2D eigenvalue weighted by Crippen LogP contribution is -2.09. The smallest absolute Gasteiger partial charge is 0.226 e. The van der Waals surface area contributed by atoms with Crippen LogP contribution in [-0.4, -0.2) is 38.9 Å². The third-order valence-corrected chi connectivity index (χ3v) is 4.62. The largest absolute Gasteiger partial charge is 0.497 e. The van der Waals surface area contributed by atoms with Crippen molar-refractivity contribution >= 4 is 22.5 Å². The second kappa shape index (κ2) is 7.32. The summed E-state index contributed by atoms with van der Waals surface area (Å²) in [5.74, 6) is 2.34. The molecule has 0 aliphatic heterocycles. The van der Waals surface area contributed by atoms with Gasteiger partial charge in [-0.25, -0.2) is 9.97 Å². The molecule has 0 spiro atoms. The number of nitrogens with zero attached hydrogens (tertiary/aromatic N) is 4. The van der Waals surface area contributed by atoms with Gasteiger partial charge in [0.25, 0.3) is 0 Å². The van der Waals surface area contributed by atoms with Crippen LogP contribution in [-0.2, 0) is 13.2 Å². The van der Waals surface area contributed by atoms with Crippen molar-refractivity contribution in [3.63, 3.8) is 0 Å². The first-order chi connectivity index (χ1) is 13.6. The maximum atomic E-state index is 9.47. The summed E-state index contributed by atoms with van der Waals surface area (Å²) in [5, 5.41) is 18.1. The molecule has 0 atom stereocenters. The van der Waals surface area contributed by atoms with Crippen molar-refractivity contribution in [1.82, 2.24) is 19.6 Å². The molecular formula is C20H21N5O3. The standard InChI is InChI=1S/C20H21N5O3/c1-12-5-4-6-15-18(12)23-20(25-19(15)22-17(11-26)24-25)21-10-13-7-8-14(27-2)9-16(13)28-3/h4-9,26H,10-11H2,1-3H3,(H,21,23). The third-order valence-electron chi connectivity index (χ3n) is 4.62. The van der Waals surface area contributed by atoms with Gasteiger partial charge in [0.15, 0.2) is 11.5 Å². The van der Waals surface area contributed by atoms with E-state index < -0.39 is 0 Å². The number of ether oxygens (including phenoxy) is 2. The predicted octanol–water partition coefficient (Wildman–Crippen LogP) is 2.71. The molecule has 0 bridgehead atoms. The monoisotopic (exact) mass is 379 g/mol. The number of fused-ring (bicyclic) bond motifs is 3. The summed E-state index contributed by atoms with van der Waals surface area (Å²) >= 11 is 0. The molecule has 2 heterocycles. The average molecular weight is 379 g/mol. The van der Waals surface area contributed by atoms with Gasteiger partial charge in [0, 0.05) is 23.6 Å². The van der Waals surface area contributed by atoms with Crippen molar-refractivity contribution in [2.45, 2.75) is 20.1 Å². The fourth-order valence-electron chi connectivity index (χ4n) is 3.17. The number of benzene rings is 2. The van der Waals surface area contributed by atoms with Crippen molar-refractivity contribution in [3.8, 4) is 11.5 Å². The number of hydrogen-bond acceptors (Lipinski definition) is 7. The number of aryl methyl sites for hydroxylation is 1. The molecule has 8 nitrogen and oxygen atoms in total. The number of aliphatic hydroxyl groups excluding tert-OH is 1. The van der Waals surface area contributed by atoms with E-state index in [1.54, 1.807) is 18.7 Å².